The van der Waals surface area contributed by atoms with E-state index in [2.05, 4.69) is 27.9 Å². The standard InChI is InChI=1S/C9H14INO2/c1-13-8(12)9(4-2-6-10)5-3-7-11-9/h2,6,11H,3-5,7H2,1H3/b6-2-/t9-/m1/s1. The summed E-state index contributed by atoms with van der Waals surface area (Å²) in [4.78, 5) is 11.5. The molecule has 1 atom stereocenters. The minimum Gasteiger partial charge on any atom is -0.468 e. The van der Waals surface area contributed by atoms with Gasteiger partial charge in [0.2, 0.25) is 0 Å². The molecule has 13 heavy (non-hydrogen) atoms. The van der Waals surface area contributed by atoms with Crippen molar-refractivity contribution in [3.63, 3.8) is 0 Å². The van der Waals surface area contributed by atoms with Crippen LogP contribution >= 0.6 is 22.6 Å². The van der Waals surface area contributed by atoms with Crippen LogP contribution in [0.3, 0.4) is 0 Å². The van der Waals surface area contributed by atoms with Crippen LogP contribution in [0.1, 0.15) is 19.3 Å². The van der Waals surface area contributed by atoms with Gasteiger partial charge in [0.25, 0.3) is 0 Å². The second-order valence-electron chi connectivity index (χ2n) is 3.17. The summed E-state index contributed by atoms with van der Waals surface area (Å²) in [5.41, 5.74) is -0.448. The van der Waals surface area contributed by atoms with E-state index in [1.54, 1.807) is 0 Å². The molecule has 1 saturated heterocycles. The van der Waals surface area contributed by atoms with Crippen LogP contribution in [0.5, 0.6) is 0 Å². The van der Waals surface area contributed by atoms with Crippen LogP contribution in [0.4, 0.5) is 0 Å². The van der Waals surface area contributed by atoms with E-state index in [1.807, 2.05) is 10.2 Å². The van der Waals surface area contributed by atoms with E-state index in [0.717, 1.165) is 25.8 Å². The number of rotatable bonds is 3. The van der Waals surface area contributed by atoms with Crippen LogP contribution in [0.25, 0.3) is 0 Å². The maximum atomic E-state index is 11.5. The van der Waals surface area contributed by atoms with Crippen LogP contribution in [-0.2, 0) is 9.53 Å². The fourth-order valence-electron chi connectivity index (χ4n) is 1.68. The summed E-state index contributed by atoms with van der Waals surface area (Å²) < 4.78 is 6.73. The van der Waals surface area contributed by atoms with Gasteiger partial charge in [-0.3, -0.25) is 4.79 Å². The second-order valence-corrected chi connectivity index (χ2v) is 3.89. The first-order valence-electron chi connectivity index (χ1n) is 4.34. The number of nitrogens with one attached hydrogen (secondary N) is 1. The Hall–Kier alpha value is -0.100. The Bertz CT molecular complexity index is 210. The Balaban J connectivity index is 2.68. The van der Waals surface area contributed by atoms with E-state index < -0.39 is 5.54 Å². The molecular weight excluding hydrogens is 281 g/mol. The summed E-state index contributed by atoms with van der Waals surface area (Å²) in [7, 11) is 1.44. The highest BCUT2D eigenvalue weighted by molar-refractivity contribution is 14.1. The molecule has 1 fully saturated rings. The number of carbonyl (C=O) groups excluding carboxylic acids is 1. The number of ether oxygens (including phenoxy) is 1. The molecule has 0 aromatic rings. The topological polar surface area (TPSA) is 38.3 Å². The molecule has 0 spiro atoms. The highest BCUT2D eigenvalue weighted by atomic mass is 127. The van der Waals surface area contributed by atoms with Gasteiger partial charge in [0.15, 0.2) is 0 Å². The lowest BCUT2D eigenvalue weighted by Crippen LogP contribution is -2.47. The monoisotopic (exact) mass is 295 g/mol. The van der Waals surface area contributed by atoms with Crippen molar-refractivity contribution in [3.05, 3.63) is 10.2 Å². The van der Waals surface area contributed by atoms with E-state index >= 15 is 0 Å². The van der Waals surface area contributed by atoms with Crippen molar-refractivity contribution in [3.8, 4) is 0 Å². The largest absolute Gasteiger partial charge is 0.468 e. The van der Waals surface area contributed by atoms with Crippen LogP contribution in [0.2, 0.25) is 0 Å². The third-order valence-corrected chi connectivity index (χ3v) is 2.88. The summed E-state index contributed by atoms with van der Waals surface area (Å²) in [6.07, 6.45) is 4.64. The predicted octanol–water partition coefficient (Wildman–Crippen LogP) is 1.62. The van der Waals surface area contributed by atoms with Crippen molar-refractivity contribution in [1.82, 2.24) is 5.32 Å². The Morgan fingerprint density at radius 1 is 1.77 bits per heavy atom. The summed E-state index contributed by atoms with van der Waals surface area (Å²) in [5, 5.41) is 3.23. The smallest absolute Gasteiger partial charge is 0.326 e. The average Bonchev–Trinajstić information content (AvgIpc) is 2.63. The van der Waals surface area contributed by atoms with Crippen molar-refractivity contribution in [2.24, 2.45) is 0 Å². The van der Waals surface area contributed by atoms with Gasteiger partial charge in [0.05, 0.1) is 7.11 Å². The number of methoxy groups -OCH3 is 1. The van der Waals surface area contributed by atoms with Gasteiger partial charge in [-0.2, -0.15) is 0 Å². The first-order valence-corrected chi connectivity index (χ1v) is 5.58. The molecule has 1 heterocycles. The first-order chi connectivity index (χ1) is 6.25. The predicted molar refractivity (Wildman–Crippen MR) is 59.8 cm³/mol. The lowest BCUT2D eigenvalue weighted by atomic mass is 9.93. The highest BCUT2D eigenvalue weighted by Crippen LogP contribution is 2.25. The summed E-state index contributed by atoms with van der Waals surface area (Å²) in [6.45, 7) is 0.907. The third-order valence-electron chi connectivity index (χ3n) is 2.38. The molecule has 1 rings (SSSR count). The Kier molecular flexibility index (Phi) is 4.18. The highest BCUT2D eigenvalue weighted by Gasteiger charge is 2.40. The SMILES string of the molecule is COC(=O)[C@@]1(C/C=C\I)CCCN1. The number of hydrogen-bond donors (Lipinski definition) is 1. The molecular formula is C9H14INO2. The van der Waals surface area contributed by atoms with Crippen LogP contribution in [0, 0.1) is 0 Å². The molecule has 0 unspecified atom stereocenters. The van der Waals surface area contributed by atoms with Crippen molar-refractivity contribution < 1.29 is 9.53 Å². The Morgan fingerprint density at radius 3 is 3.00 bits per heavy atom. The first kappa shape index (κ1) is 11.0. The summed E-state index contributed by atoms with van der Waals surface area (Å²) >= 11 is 2.16. The zero-order valence-electron chi connectivity index (χ0n) is 7.68. The third kappa shape index (κ3) is 2.43. The maximum absolute atomic E-state index is 11.5. The molecule has 0 radical (unpaired) electrons. The fourth-order valence-corrected chi connectivity index (χ4v) is 1.93. The quantitative estimate of drug-likeness (QED) is 0.635. The molecule has 4 heteroatoms. The van der Waals surface area contributed by atoms with Gasteiger partial charge in [-0.1, -0.05) is 28.7 Å². The lowest BCUT2D eigenvalue weighted by molar-refractivity contribution is -0.147. The zero-order chi connectivity index (χ0) is 9.73. The van der Waals surface area contributed by atoms with E-state index in [1.165, 1.54) is 7.11 Å². The molecule has 0 bridgehead atoms. The minimum absolute atomic E-state index is 0.139. The number of halogens is 1. The molecule has 0 amide bonds. The van der Waals surface area contributed by atoms with E-state index in [-0.39, 0.29) is 5.97 Å². The van der Waals surface area contributed by atoms with Gasteiger partial charge in [-0.15, -0.1) is 0 Å². The minimum atomic E-state index is -0.448. The van der Waals surface area contributed by atoms with Crippen molar-refractivity contribution in [1.29, 1.82) is 0 Å². The average molecular weight is 295 g/mol. The van der Waals surface area contributed by atoms with Gasteiger partial charge in [-0.05, 0) is 29.9 Å². The molecule has 0 saturated carbocycles. The second kappa shape index (κ2) is 4.95. The molecule has 3 nitrogen and oxygen atoms in total. The zero-order valence-corrected chi connectivity index (χ0v) is 9.84. The van der Waals surface area contributed by atoms with Gasteiger partial charge in [-0.25, -0.2) is 0 Å². The Labute approximate surface area is 92.1 Å². The molecule has 74 valence electrons. The van der Waals surface area contributed by atoms with Crippen LogP contribution in [-0.4, -0.2) is 25.2 Å². The maximum Gasteiger partial charge on any atom is 0.326 e. The normalized spacial score (nSPS) is 28.2. The Morgan fingerprint density at radius 2 is 2.54 bits per heavy atom. The molecule has 1 aliphatic rings. The van der Waals surface area contributed by atoms with Crippen molar-refractivity contribution in [2.75, 3.05) is 13.7 Å². The van der Waals surface area contributed by atoms with Crippen LogP contribution < -0.4 is 5.32 Å². The summed E-state index contributed by atoms with van der Waals surface area (Å²) in [6, 6.07) is 0. The number of carbonyl (C=O) groups is 1. The lowest BCUT2D eigenvalue weighted by Gasteiger charge is -2.24. The molecule has 1 aliphatic heterocycles. The van der Waals surface area contributed by atoms with Gasteiger partial charge in [0.1, 0.15) is 5.54 Å². The van der Waals surface area contributed by atoms with E-state index in [4.69, 9.17) is 4.74 Å². The summed E-state index contributed by atoms with van der Waals surface area (Å²) in [5.74, 6) is -0.139. The van der Waals surface area contributed by atoms with Crippen LogP contribution in [0.15, 0.2) is 10.2 Å². The molecule has 0 aliphatic carbocycles. The molecule has 0 aromatic heterocycles. The number of esters is 1. The van der Waals surface area contributed by atoms with E-state index in [0.29, 0.717) is 0 Å². The fraction of sp³-hybridized carbons (Fsp3) is 0.667. The molecule has 1 N–H and O–H groups in total. The van der Waals surface area contributed by atoms with Gasteiger partial charge < -0.3 is 10.1 Å². The van der Waals surface area contributed by atoms with Crippen molar-refractivity contribution in [2.45, 2.75) is 24.8 Å². The van der Waals surface area contributed by atoms with Gasteiger partial charge in [0, 0.05) is 0 Å². The van der Waals surface area contributed by atoms with E-state index in [9.17, 15) is 4.79 Å². The van der Waals surface area contributed by atoms with Crippen molar-refractivity contribution >= 4 is 28.6 Å². The molecule has 0 aromatic carbocycles. The number of hydrogen-bond acceptors (Lipinski definition) is 3. The van der Waals surface area contributed by atoms with Gasteiger partial charge >= 0.3 is 5.97 Å².